The Morgan fingerprint density at radius 2 is 2.05 bits per heavy atom. The average molecular weight is 282 g/mol. The molecule has 20 heavy (non-hydrogen) atoms. The van der Waals surface area contributed by atoms with Gasteiger partial charge in [0.25, 0.3) is 5.91 Å². The van der Waals surface area contributed by atoms with E-state index < -0.39 is 5.91 Å². The number of aromatic nitrogens is 1. The molecule has 0 saturated carbocycles. The van der Waals surface area contributed by atoms with E-state index in [-0.39, 0.29) is 0 Å². The highest BCUT2D eigenvalue weighted by Crippen LogP contribution is 2.34. The lowest BCUT2D eigenvalue weighted by Gasteiger charge is -2.11. The van der Waals surface area contributed by atoms with Crippen LogP contribution in [0.2, 0.25) is 0 Å². The molecule has 100 valence electrons. The normalized spacial score (nSPS) is 10.9. The van der Waals surface area contributed by atoms with Gasteiger partial charge in [0.1, 0.15) is 0 Å². The number of carbonyl (C=O) groups excluding carboxylic acids is 1. The number of nitrogens with zero attached hydrogens (tertiary/aromatic N) is 1. The van der Waals surface area contributed by atoms with Crippen molar-refractivity contribution in [1.82, 2.24) is 4.98 Å². The second kappa shape index (κ2) is 4.72. The number of hydrogen-bond donors (Lipinski definition) is 1. The van der Waals surface area contributed by atoms with Crippen LogP contribution in [0.5, 0.6) is 0 Å². The van der Waals surface area contributed by atoms with Gasteiger partial charge in [-0.1, -0.05) is 18.2 Å². The van der Waals surface area contributed by atoms with Gasteiger partial charge in [-0.05, 0) is 42.3 Å². The number of fused-ring (bicyclic) bond motifs is 1. The van der Waals surface area contributed by atoms with Crippen LogP contribution in [0.25, 0.3) is 21.3 Å². The number of carbonyl (C=O) groups is 1. The molecule has 0 saturated heterocycles. The first kappa shape index (κ1) is 12.8. The van der Waals surface area contributed by atoms with Gasteiger partial charge >= 0.3 is 0 Å². The number of benzene rings is 1. The largest absolute Gasteiger partial charge is 0.366 e. The lowest BCUT2D eigenvalue weighted by Crippen LogP contribution is -2.15. The van der Waals surface area contributed by atoms with Crippen molar-refractivity contribution in [3.05, 3.63) is 52.5 Å². The van der Waals surface area contributed by atoms with E-state index in [2.05, 4.69) is 17.1 Å². The predicted molar refractivity (Wildman–Crippen MR) is 83.0 cm³/mol. The van der Waals surface area contributed by atoms with Crippen molar-refractivity contribution in [2.75, 3.05) is 0 Å². The van der Waals surface area contributed by atoms with Gasteiger partial charge in [-0.15, -0.1) is 11.3 Å². The first-order chi connectivity index (χ1) is 9.58. The summed E-state index contributed by atoms with van der Waals surface area (Å²) < 4.78 is 1.13. The minimum absolute atomic E-state index is 0.432. The minimum atomic E-state index is -0.432. The van der Waals surface area contributed by atoms with Gasteiger partial charge in [-0.3, -0.25) is 9.78 Å². The number of primary amides is 1. The van der Waals surface area contributed by atoms with Crippen molar-refractivity contribution in [2.24, 2.45) is 5.73 Å². The molecular weight excluding hydrogens is 268 g/mol. The maximum Gasteiger partial charge on any atom is 0.251 e. The molecule has 0 bridgehead atoms. The van der Waals surface area contributed by atoms with Crippen molar-refractivity contribution in [1.29, 1.82) is 0 Å². The maximum atomic E-state index is 11.8. The molecule has 0 radical (unpaired) electrons. The van der Waals surface area contributed by atoms with Crippen molar-refractivity contribution in [2.45, 2.75) is 13.8 Å². The number of thiophene rings is 1. The first-order valence-corrected chi connectivity index (χ1v) is 7.20. The Morgan fingerprint density at radius 3 is 2.80 bits per heavy atom. The quantitative estimate of drug-likeness (QED) is 0.779. The predicted octanol–water partition coefficient (Wildman–Crippen LogP) is 3.68. The Balaban J connectivity index is 2.39. The van der Waals surface area contributed by atoms with Gasteiger partial charge in [0.05, 0.1) is 11.3 Å². The molecule has 0 aliphatic carbocycles. The third-order valence-corrected chi connectivity index (χ3v) is 4.29. The Kier molecular flexibility index (Phi) is 3.03. The van der Waals surface area contributed by atoms with Crippen molar-refractivity contribution in [3.8, 4) is 11.3 Å². The molecule has 0 unspecified atom stereocenters. The fraction of sp³-hybridized carbons (Fsp3) is 0.125. The van der Waals surface area contributed by atoms with Crippen LogP contribution in [0.4, 0.5) is 0 Å². The second-order valence-corrected chi connectivity index (χ2v) is 5.73. The monoisotopic (exact) mass is 282 g/mol. The van der Waals surface area contributed by atoms with E-state index in [4.69, 9.17) is 5.73 Å². The van der Waals surface area contributed by atoms with E-state index in [9.17, 15) is 4.79 Å². The summed E-state index contributed by atoms with van der Waals surface area (Å²) in [6, 6.07) is 9.98. The van der Waals surface area contributed by atoms with Crippen LogP contribution in [-0.2, 0) is 0 Å². The lowest BCUT2D eigenvalue weighted by molar-refractivity contribution is 0.1000. The van der Waals surface area contributed by atoms with Gasteiger partial charge in [-0.25, -0.2) is 0 Å². The molecule has 2 aromatic heterocycles. The van der Waals surface area contributed by atoms with Crippen LogP contribution in [0.1, 0.15) is 21.6 Å². The molecule has 0 atom stereocenters. The van der Waals surface area contributed by atoms with Gasteiger partial charge in [0, 0.05) is 16.0 Å². The van der Waals surface area contributed by atoms with Crippen LogP contribution >= 0.6 is 11.3 Å². The summed E-state index contributed by atoms with van der Waals surface area (Å²) in [5.41, 5.74) is 9.47. The summed E-state index contributed by atoms with van der Waals surface area (Å²) in [5.74, 6) is -0.432. The van der Waals surface area contributed by atoms with Gasteiger partial charge in [0.15, 0.2) is 0 Å². The van der Waals surface area contributed by atoms with E-state index in [1.807, 2.05) is 37.4 Å². The Labute approximate surface area is 121 Å². The number of aryl methyl sites for hydroxylation is 2. The van der Waals surface area contributed by atoms with Crippen LogP contribution < -0.4 is 5.73 Å². The average Bonchev–Trinajstić information content (AvgIpc) is 2.84. The molecule has 4 heteroatoms. The van der Waals surface area contributed by atoms with E-state index in [1.54, 1.807) is 11.3 Å². The molecule has 2 heterocycles. The Bertz CT molecular complexity index is 820. The fourth-order valence-corrected chi connectivity index (χ4v) is 3.44. The number of rotatable bonds is 2. The highest BCUT2D eigenvalue weighted by molar-refractivity contribution is 7.17. The molecule has 3 rings (SSSR count). The summed E-state index contributed by atoms with van der Waals surface area (Å²) in [7, 11) is 0. The summed E-state index contributed by atoms with van der Waals surface area (Å²) in [5, 5.41) is 3.20. The fourth-order valence-electron chi connectivity index (χ4n) is 2.52. The molecule has 1 aromatic carbocycles. The number of nitrogens with two attached hydrogens (primary N) is 1. The SMILES string of the molecule is Cc1cc(C)c(C(N)=O)c(-c2cccc3ccsc23)n1. The standard InChI is InChI=1S/C16H14N2OS/c1-9-8-10(2)18-14(13(9)16(17)19)12-5-3-4-11-6-7-20-15(11)12/h3-8H,1-2H3,(H2,17,19). The smallest absolute Gasteiger partial charge is 0.251 e. The highest BCUT2D eigenvalue weighted by Gasteiger charge is 2.17. The molecule has 0 spiro atoms. The third-order valence-electron chi connectivity index (χ3n) is 3.33. The molecule has 0 aliphatic rings. The molecular formula is C16H14N2OS. The molecule has 2 N–H and O–H groups in total. The highest BCUT2D eigenvalue weighted by atomic mass is 32.1. The van der Waals surface area contributed by atoms with E-state index in [1.165, 1.54) is 0 Å². The van der Waals surface area contributed by atoms with Gasteiger partial charge in [0.2, 0.25) is 0 Å². The summed E-state index contributed by atoms with van der Waals surface area (Å²) >= 11 is 1.65. The number of amides is 1. The van der Waals surface area contributed by atoms with Gasteiger partial charge < -0.3 is 5.73 Å². The molecule has 3 aromatic rings. The topological polar surface area (TPSA) is 56.0 Å². The van der Waals surface area contributed by atoms with E-state index >= 15 is 0 Å². The second-order valence-electron chi connectivity index (χ2n) is 4.81. The molecule has 1 amide bonds. The van der Waals surface area contributed by atoms with Crippen LogP contribution in [0.3, 0.4) is 0 Å². The molecule has 0 fully saturated rings. The summed E-state index contributed by atoms with van der Waals surface area (Å²) in [6.45, 7) is 3.82. The molecule has 0 aliphatic heterocycles. The van der Waals surface area contributed by atoms with Crippen molar-refractivity contribution < 1.29 is 4.79 Å². The lowest BCUT2D eigenvalue weighted by atomic mass is 9.99. The third kappa shape index (κ3) is 1.98. The van der Waals surface area contributed by atoms with E-state index in [0.29, 0.717) is 11.3 Å². The number of pyridine rings is 1. The zero-order chi connectivity index (χ0) is 14.3. The van der Waals surface area contributed by atoms with E-state index in [0.717, 1.165) is 26.9 Å². The van der Waals surface area contributed by atoms with Crippen LogP contribution in [0.15, 0.2) is 35.7 Å². The van der Waals surface area contributed by atoms with Crippen LogP contribution in [0, 0.1) is 13.8 Å². The zero-order valence-corrected chi connectivity index (χ0v) is 12.1. The Morgan fingerprint density at radius 1 is 1.25 bits per heavy atom. The minimum Gasteiger partial charge on any atom is -0.366 e. The summed E-state index contributed by atoms with van der Waals surface area (Å²) in [6.07, 6.45) is 0. The first-order valence-electron chi connectivity index (χ1n) is 6.32. The van der Waals surface area contributed by atoms with Crippen LogP contribution in [-0.4, -0.2) is 10.9 Å². The Hall–Kier alpha value is -2.20. The summed E-state index contributed by atoms with van der Waals surface area (Å²) in [4.78, 5) is 16.3. The molecule has 3 nitrogen and oxygen atoms in total. The van der Waals surface area contributed by atoms with Crippen molar-refractivity contribution in [3.63, 3.8) is 0 Å². The number of hydrogen-bond acceptors (Lipinski definition) is 3. The van der Waals surface area contributed by atoms with Gasteiger partial charge in [-0.2, -0.15) is 0 Å². The van der Waals surface area contributed by atoms with Crippen molar-refractivity contribution >= 4 is 27.3 Å². The maximum absolute atomic E-state index is 11.8. The zero-order valence-electron chi connectivity index (χ0n) is 11.3.